The SMILES string of the molecule is CC(C)c1ccc([C@@H]2NC(=O)N(C)C3=C2C(=O)N(CCC[NH+]2CCCC[C@@H]2C)C3)cc1. The van der Waals surface area contributed by atoms with Crippen LogP contribution in [0, 0.1) is 0 Å². The predicted octanol–water partition coefficient (Wildman–Crippen LogP) is 2.45. The number of urea groups is 1. The number of likely N-dealkylation sites (tertiary alicyclic amines) is 1. The summed E-state index contributed by atoms with van der Waals surface area (Å²) in [5.41, 5.74) is 3.81. The van der Waals surface area contributed by atoms with Gasteiger partial charge in [0.15, 0.2) is 0 Å². The van der Waals surface area contributed by atoms with Crippen LogP contribution in [0.2, 0.25) is 0 Å². The fraction of sp³-hybridized carbons (Fsp3) is 0.600. The van der Waals surface area contributed by atoms with Gasteiger partial charge in [0.1, 0.15) is 0 Å². The van der Waals surface area contributed by atoms with Gasteiger partial charge in [-0.3, -0.25) is 9.69 Å². The Morgan fingerprint density at radius 1 is 1.16 bits per heavy atom. The molecular formula is C25H37N4O2+. The van der Waals surface area contributed by atoms with E-state index in [9.17, 15) is 9.59 Å². The number of rotatable bonds is 6. The Balaban J connectivity index is 1.47. The number of nitrogens with zero attached hydrogens (tertiary/aromatic N) is 2. The fourth-order valence-corrected chi connectivity index (χ4v) is 5.25. The van der Waals surface area contributed by atoms with E-state index in [0.717, 1.165) is 42.4 Å². The molecule has 6 heteroatoms. The zero-order chi connectivity index (χ0) is 22.1. The van der Waals surface area contributed by atoms with E-state index in [0.29, 0.717) is 12.5 Å². The lowest BCUT2D eigenvalue weighted by Crippen LogP contribution is -3.16. The topological polar surface area (TPSA) is 57.1 Å². The van der Waals surface area contributed by atoms with Gasteiger partial charge in [-0.05, 0) is 43.2 Å². The highest BCUT2D eigenvalue weighted by Crippen LogP contribution is 2.36. The minimum Gasteiger partial charge on any atom is -0.333 e. The molecule has 31 heavy (non-hydrogen) atoms. The van der Waals surface area contributed by atoms with Gasteiger partial charge in [-0.15, -0.1) is 0 Å². The Morgan fingerprint density at radius 3 is 2.58 bits per heavy atom. The van der Waals surface area contributed by atoms with Crippen LogP contribution in [0.25, 0.3) is 0 Å². The van der Waals surface area contributed by atoms with Crippen LogP contribution in [0.5, 0.6) is 0 Å². The van der Waals surface area contributed by atoms with Gasteiger partial charge in [-0.1, -0.05) is 38.1 Å². The van der Waals surface area contributed by atoms with Crippen molar-refractivity contribution in [3.63, 3.8) is 0 Å². The number of piperidine rings is 1. The number of carbonyl (C=O) groups excluding carboxylic acids is 2. The van der Waals surface area contributed by atoms with Crippen molar-refractivity contribution < 1.29 is 14.5 Å². The number of hydrogen-bond acceptors (Lipinski definition) is 2. The molecule has 1 fully saturated rings. The van der Waals surface area contributed by atoms with Gasteiger partial charge in [0.25, 0.3) is 5.91 Å². The predicted molar refractivity (Wildman–Crippen MR) is 122 cm³/mol. The monoisotopic (exact) mass is 425 g/mol. The van der Waals surface area contributed by atoms with Crippen LogP contribution in [-0.4, -0.2) is 61.0 Å². The molecule has 1 saturated heterocycles. The van der Waals surface area contributed by atoms with Crippen LogP contribution in [0.3, 0.4) is 0 Å². The fourth-order valence-electron chi connectivity index (χ4n) is 5.25. The second-order valence-electron chi connectivity index (χ2n) is 9.76. The van der Waals surface area contributed by atoms with E-state index in [1.54, 1.807) is 16.8 Å². The summed E-state index contributed by atoms with van der Waals surface area (Å²) in [6, 6.07) is 8.51. The molecule has 3 aliphatic heterocycles. The molecule has 6 nitrogen and oxygen atoms in total. The molecule has 3 heterocycles. The molecule has 168 valence electrons. The maximum atomic E-state index is 13.4. The van der Waals surface area contributed by atoms with E-state index in [-0.39, 0.29) is 18.0 Å². The number of quaternary nitrogens is 1. The zero-order valence-corrected chi connectivity index (χ0v) is 19.4. The maximum Gasteiger partial charge on any atom is 0.322 e. The van der Waals surface area contributed by atoms with Gasteiger partial charge in [0.2, 0.25) is 0 Å². The van der Waals surface area contributed by atoms with Crippen molar-refractivity contribution in [2.45, 2.75) is 64.5 Å². The average Bonchev–Trinajstić information content (AvgIpc) is 3.09. The van der Waals surface area contributed by atoms with Gasteiger partial charge in [0, 0.05) is 20.0 Å². The first-order valence-electron chi connectivity index (χ1n) is 11.9. The maximum absolute atomic E-state index is 13.4. The molecule has 1 aromatic rings. The van der Waals surface area contributed by atoms with Gasteiger partial charge < -0.3 is 15.1 Å². The molecule has 0 radical (unpaired) electrons. The number of likely N-dealkylation sites (N-methyl/N-ethyl adjacent to an activating group) is 1. The van der Waals surface area contributed by atoms with Gasteiger partial charge in [0.05, 0.1) is 43.0 Å². The Kier molecular flexibility index (Phi) is 6.37. The van der Waals surface area contributed by atoms with Gasteiger partial charge in [-0.25, -0.2) is 4.79 Å². The molecule has 0 spiro atoms. The summed E-state index contributed by atoms with van der Waals surface area (Å²) in [4.78, 5) is 31.2. The minimum absolute atomic E-state index is 0.0708. The molecule has 0 aromatic heterocycles. The van der Waals surface area contributed by atoms with Crippen molar-refractivity contribution in [1.29, 1.82) is 0 Å². The highest BCUT2D eigenvalue weighted by molar-refractivity contribution is 6.01. The number of benzene rings is 1. The summed E-state index contributed by atoms with van der Waals surface area (Å²) in [5.74, 6) is 0.519. The van der Waals surface area contributed by atoms with E-state index < -0.39 is 0 Å². The Morgan fingerprint density at radius 2 is 1.90 bits per heavy atom. The standard InChI is InChI=1S/C25H36N4O2/c1-17(2)19-9-11-20(12-10-19)23-22-21(27(4)25(31)26-23)16-29(24(22)30)15-7-14-28-13-6-5-8-18(28)3/h9-12,17-18,23H,5-8,13-16H2,1-4H3,(H,26,31)/p+1/t18-,23-/m0/s1. The molecule has 4 rings (SSSR count). The lowest BCUT2D eigenvalue weighted by Gasteiger charge is -2.31. The Labute approximate surface area is 186 Å². The van der Waals surface area contributed by atoms with Gasteiger partial charge in [-0.2, -0.15) is 0 Å². The van der Waals surface area contributed by atoms with Crippen LogP contribution < -0.4 is 10.2 Å². The Bertz CT molecular complexity index is 861. The summed E-state index contributed by atoms with van der Waals surface area (Å²) in [7, 11) is 1.76. The molecule has 2 N–H and O–H groups in total. The number of hydrogen-bond donors (Lipinski definition) is 2. The Hall–Kier alpha value is -2.34. The molecular weight excluding hydrogens is 388 g/mol. The molecule has 0 aliphatic carbocycles. The summed E-state index contributed by atoms with van der Waals surface area (Å²) < 4.78 is 0. The summed E-state index contributed by atoms with van der Waals surface area (Å²) in [6.07, 6.45) is 4.97. The van der Waals surface area contributed by atoms with E-state index in [1.807, 2.05) is 17.0 Å². The van der Waals surface area contributed by atoms with Crippen LogP contribution in [0.15, 0.2) is 35.5 Å². The summed E-state index contributed by atoms with van der Waals surface area (Å²) in [5, 5.41) is 3.04. The zero-order valence-electron chi connectivity index (χ0n) is 19.4. The second kappa shape index (κ2) is 9.03. The molecule has 0 saturated carbocycles. The second-order valence-corrected chi connectivity index (χ2v) is 9.76. The third-order valence-corrected chi connectivity index (χ3v) is 7.38. The molecule has 3 amide bonds. The normalized spacial score (nSPS) is 26.5. The largest absolute Gasteiger partial charge is 0.333 e. The van der Waals surface area contributed by atoms with E-state index in [4.69, 9.17) is 0 Å². The molecule has 1 unspecified atom stereocenters. The summed E-state index contributed by atoms with van der Waals surface area (Å²) >= 11 is 0. The van der Waals surface area contributed by atoms with Crippen molar-refractivity contribution in [3.05, 3.63) is 46.7 Å². The molecule has 3 atom stereocenters. The first-order chi connectivity index (χ1) is 14.9. The highest BCUT2D eigenvalue weighted by atomic mass is 16.2. The van der Waals surface area contributed by atoms with Crippen molar-refractivity contribution >= 4 is 11.9 Å². The molecule has 0 bridgehead atoms. The first kappa shape index (κ1) is 21.9. The number of carbonyl (C=O) groups is 2. The quantitative estimate of drug-likeness (QED) is 0.736. The van der Waals surface area contributed by atoms with Crippen molar-refractivity contribution in [2.24, 2.45) is 0 Å². The first-order valence-corrected chi connectivity index (χ1v) is 11.9. The smallest absolute Gasteiger partial charge is 0.322 e. The number of nitrogens with one attached hydrogen (secondary N) is 2. The highest BCUT2D eigenvalue weighted by Gasteiger charge is 2.42. The van der Waals surface area contributed by atoms with Crippen LogP contribution in [-0.2, 0) is 4.79 Å². The van der Waals surface area contributed by atoms with Crippen LogP contribution >= 0.6 is 0 Å². The molecule has 3 aliphatic rings. The van der Waals surface area contributed by atoms with Crippen LogP contribution in [0.1, 0.15) is 69.5 Å². The van der Waals surface area contributed by atoms with Crippen molar-refractivity contribution in [3.8, 4) is 0 Å². The minimum atomic E-state index is -0.370. The van der Waals surface area contributed by atoms with E-state index in [2.05, 4.69) is 38.2 Å². The van der Waals surface area contributed by atoms with Gasteiger partial charge >= 0.3 is 6.03 Å². The molecule has 1 aromatic carbocycles. The lowest BCUT2D eigenvalue weighted by atomic mass is 9.93. The van der Waals surface area contributed by atoms with E-state index in [1.165, 1.54) is 31.4 Å². The number of amides is 3. The van der Waals surface area contributed by atoms with Crippen LogP contribution in [0.4, 0.5) is 4.79 Å². The lowest BCUT2D eigenvalue weighted by molar-refractivity contribution is -0.928. The average molecular weight is 426 g/mol. The van der Waals surface area contributed by atoms with Crippen molar-refractivity contribution in [2.75, 3.05) is 33.2 Å². The summed E-state index contributed by atoms with van der Waals surface area (Å²) in [6.45, 7) is 10.3. The van der Waals surface area contributed by atoms with Crippen molar-refractivity contribution in [1.82, 2.24) is 15.1 Å². The third-order valence-electron chi connectivity index (χ3n) is 7.38. The van der Waals surface area contributed by atoms with E-state index >= 15 is 0 Å². The third kappa shape index (κ3) is 4.36.